The highest BCUT2D eigenvalue weighted by molar-refractivity contribution is 7.99. The number of rotatable bonds is 6. The summed E-state index contributed by atoms with van der Waals surface area (Å²) in [5.41, 5.74) is 1.25. The van der Waals surface area contributed by atoms with Crippen LogP contribution in [0.2, 0.25) is 0 Å². The predicted octanol–water partition coefficient (Wildman–Crippen LogP) is 2.86. The van der Waals surface area contributed by atoms with Crippen LogP contribution in [0.3, 0.4) is 0 Å². The Kier molecular flexibility index (Phi) is 4.94. The third kappa shape index (κ3) is 3.41. The number of aromatic nitrogens is 4. The van der Waals surface area contributed by atoms with Crippen LogP contribution < -0.4 is 10.3 Å². The number of hydrogen-bond acceptors (Lipinski definition) is 6. The van der Waals surface area contributed by atoms with Crippen molar-refractivity contribution in [3.8, 4) is 11.4 Å². The van der Waals surface area contributed by atoms with Gasteiger partial charge in [-0.25, -0.2) is 0 Å². The van der Waals surface area contributed by atoms with Crippen LogP contribution in [0.1, 0.15) is 10.4 Å². The van der Waals surface area contributed by atoms with Gasteiger partial charge in [-0.3, -0.25) is 18.6 Å². The van der Waals surface area contributed by atoms with Gasteiger partial charge in [0.25, 0.3) is 0 Å². The van der Waals surface area contributed by atoms with Crippen LogP contribution in [0.4, 0.5) is 0 Å². The van der Waals surface area contributed by atoms with E-state index >= 15 is 0 Å². The highest BCUT2D eigenvalue weighted by Crippen LogP contribution is 2.18. The summed E-state index contributed by atoms with van der Waals surface area (Å²) in [6.45, 7) is 0. The number of hydrogen-bond donors (Lipinski definition) is 0. The van der Waals surface area contributed by atoms with Crippen molar-refractivity contribution in [1.82, 2.24) is 19.2 Å². The quantitative estimate of drug-likeness (QED) is 0.371. The molecule has 0 radical (unpaired) electrons. The molecule has 2 heterocycles. The normalized spacial score (nSPS) is 10.9. The van der Waals surface area contributed by atoms with E-state index in [2.05, 4.69) is 10.2 Å². The molecule has 0 unspecified atom stereocenters. The lowest BCUT2D eigenvalue weighted by Crippen LogP contribution is -2.20. The Morgan fingerprint density at radius 3 is 2.50 bits per heavy atom. The molecule has 4 rings (SSSR count). The molecule has 0 spiro atoms. The number of nitrogens with zero attached hydrogens (tertiary/aromatic N) is 4. The summed E-state index contributed by atoms with van der Waals surface area (Å²) in [4.78, 5) is 25.1. The van der Waals surface area contributed by atoms with Gasteiger partial charge in [0.15, 0.2) is 10.9 Å². The Balaban J connectivity index is 1.59. The van der Waals surface area contributed by atoms with E-state index in [4.69, 9.17) is 4.74 Å². The Morgan fingerprint density at radius 2 is 1.79 bits per heavy atom. The summed E-state index contributed by atoms with van der Waals surface area (Å²) < 4.78 is 8.24. The minimum absolute atomic E-state index is 0.00563. The van der Waals surface area contributed by atoms with Gasteiger partial charge in [-0.05, 0) is 24.3 Å². The molecule has 0 N–H and O–H groups in total. The fraction of sp³-hybridized carbons (Fsp3) is 0.100. The molecule has 2 aromatic heterocycles. The third-order valence-electron chi connectivity index (χ3n) is 4.22. The topological polar surface area (TPSA) is 78.5 Å². The number of benzene rings is 2. The molecular weight excluding hydrogens is 376 g/mol. The van der Waals surface area contributed by atoms with E-state index in [1.54, 1.807) is 60.3 Å². The average molecular weight is 392 g/mol. The number of Topliss-reactive ketones (excluding diaryl/α,β-unsaturated/α-hetero) is 1. The molecule has 0 saturated heterocycles. The van der Waals surface area contributed by atoms with Gasteiger partial charge in [-0.15, -0.1) is 10.2 Å². The van der Waals surface area contributed by atoms with Crippen molar-refractivity contribution in [2.75, 3.05) is 12.9 Å². The summed E-state index contributed by atoms with van der Waals surface area (Å²) in [5, 5.41) is 8.58. The molecule has 0 aliphatic rings. The molecule has 4 aromatic rings. The second-order valence-electron chi connectivity index (χ2n) is 5.93. The van der Waals surface area contributed by atoms with E-state index in [0.717, 1.165) is 0 Å². The van der Waals surface area contributed by atoms with E-state index in [0.29, 0.717) is 22.2 Å². The molecule has 0 aliphatic carbocycles. The molecule has 28 heavy (non-hydrogen) atoms. The van der Waals surface area contributed by atoms with Gasteiger partial charge in [0.05, 0.1) is 12.9 Å². The zero-order chi connectivity index (χ0) is 19.5. The number of carbonyl (C=O) groups excluding carboxylic acids is 1. The molecule has 0 aliphatic heterocycles. The van der Waals surface area contributed by atoms with Gasteiger partial charge >= 0.3 is 5.56 Å². The van der Waals surface area contributed by atoms with Crippen LogP contribution in [0.25, 0.3) is 11.3 Å². The maximum absolute atomic E-state index is 12.8. The average Bonchev–Trinajstić information content (AvgIpc) is 3.17. The zero-order valence-corrected chi connectivity index (χ0v) is 15.8. The van der Waals surface area contributed by atoms with Crippen molar-refractivity contribution < 1.29 is 9.53 Å². The van der Waals surface area contributed by atoms with Crippen molar-refractivity contribution in [2.24, 2.45) is 0 Å². The van der Waals surface area contributed by atoms with Crippen LogP contribution >= 0.6 is 11.8 Å². The van der Waals surface area contributed by atoms with Crippen LogP contribution in [-0.2, 0) is 0 Å². The molecule has 0 saturated carbocycles. The Labute approximate surface area is 164 Å². The molecule has 140 valence electrons. The van der Waals surface area contributed by atoms with Crippen LogP contribution in [0, 0.1) is 0 Å². The first-order chi connectivity index (χ1) is 13.7. The minimum Gasteiger partial charge on any atom is -0.497 e. The van der Waals surface area contributed by atoms with E-state index in [-0.39, 0.29) is 22.7 Å². The van der Waals surface area contributed by atoms with Crippen molar-refractivity contribution >= 4 is 23.2 Å². The Hall–Kier alpha value is -3.39. The fourth-order valence-corrected chi connectivity index (χ4v) is 3.56. The van der Waals surface area contributed by atoms with E-state index in [9.17, 15) is 9.59 Å². The highest BCUT2D eigenvalue weighted by Gasteiger charge is 2.14. The Morgan fingerprint density at radius 1 is 1.04 bits per heavy atom. The molecule has 0 atom stereocenters. The predicted molar refractivity (Wildman–Crippen MR) is 107 cm³/mol. The maximum atomic E-state index is 12.8. The summed E-state index contributed by atoms with van der Waals surface area (Å²) in [5.74, 6) is 0.919. The number of carbonyl (C=O) groups is 1. The molecule has 8 heteroatoms. The zero-order valence-electron chi connectivity index (χ0n) is 15.0. The van der Waals surface area contributed by atoms with Gasteiger partial charge in [-0.1, -0.05) is 42.1 Å². The summed E-state index contributed by atoms with van der Waals surface area (Å²) in [7, 11) is 1.59. The van der Waals surface area contributed by atoms with Gasteiger partial charge in [-0.2, -0.15) is 0 Å². The van der Waals surface area contributed by atoms with Crippen molar-refractivity contribution in [2.45, 2.75) is 5.16 Å². The number of ketones is 1. The van der Waals surface area contributed by atoms with Crippen LogP contribution in [-0.4, -0.2) is 37.8 Å². The van der Waals surface area contributed by atoms with E-state index in [1.807, 2.05) is 18.2 Å². The minimum atomic E-state index is -0.290. The second-order valence-corrected chi connectivity index (χ2v) is 6.87. The third-order valence-corrected chi connectivity index (χ3v) is 5.16. The molecule has 0 fully saturated rings. The molecule has 2 aromatic carbocycles. The van der Waals surface area contributed by atoms with Crippen LogP contribution in [0.15, 0.2) is 76.9 Å². The monoisotopic (exact) mass is 392 g/mol. The maximum Gasteiger partial charge on any atom is 0.300 e. The lowest BCUT2D eigenvalue weighted by molar-refractivity contribution is 0.102. The first-order valence-corrected chi connectivity index (χ1v) is 9.48. The number of ether oxygens (including phenoxy) is 1. The molecular formula is C20H16N4O3S. The van der Waals surface area contributed by atoms with Crippen molar-refractivity contribution in [1.29, 1.82) is 0 Å². The first kappa shape index (κ1) is 18.0. The molecule has 0 amide bonds. The molecule has 0 bridgehead atoms. The van der Waals surface area contributed by atoms with Crippen molar-refractivity contribution in [3.05, 3.63) is 82.9 Å². The highest BCUT2D eigenvalue weighted by atomic mass is 32.2. The summed E-state index contributed by atoms with van der Waals surface area (Å²) in [6.07, 6.45) is 3.37. The number of fused-ring (bicyclic) bond motifs is 1. The standard InChI is InChI=1S/C20H16N4O3S/c1-27-16-9-7-15(8-10-16)23-11-12-24-18(19(23)26)21-22-20(24)28-13-17(25)14-5-3-2-4-6-14/h2-12H,13H2,1H3. The second kappa shape index (κ2) is 7.69. The van der Waals surface area contributed by atoms with E-state index in [1.165, 1.54) is 16.3 Å². The largest absolute Gasteiger partial charge is 0.497 e. The number of methoxy groups -OCH3 is 1. The van der Waals surface area contributed by atoms with Crippen molar-refractivity contribution in [3.63, 3.8) is 0 Å². The van der Waals surface area contributed by atoms with Gasteiger partial charge in [0, 0.05) is 23.6 Å². The number of thioether (sulfide) groups is 1. The summed E-state index contributed by atoms with van der Waals surface area (Å²) in [6, 6.07) is 16.2. The van der Waals surface area contributed by atoms with Gasteiger partial charge in [0.1, 0.15) is 5.75 Å². The lowest BCUT2D eigenvalue weighted by atomic mass is 10.2. The smallest absolute Gasteiger partial charge is 0.300 e. The SMILES string of the molecule is COc1ccc(-n2ccn3c(SCC(=O)c4ccccc4)nnc3c2=O)cc1. The summed E-state index contributed by atoms with van der Waals surface area (Å²) >= 11 is 1.25. The van der Waals surface area contributed by atoms with Crippen LogP contribution in [0.5, 0.6) is 5.75 Å². The Bertz CT molecular complexity index is 1180. The van der Waals surface area contributed by atoms with Gasteiger partial charge < -0.3 is 4.74 Å². The fourth-order valence-electron chi connectivity index (χ4n) is 2.75. The lowest BCUT2D eigenvalue weighted by Gasteiger charge is -2.07. The van der Waals surface area contributed by atoms with Gasteiger partial charge in [0.2, 0.25) is 5.65 Å². The molecule has 7 nitrogen and oxygen atoms in total. The van der Waals surface area contributed by atoms with E-state index < -0.39 is 0 Å². The first-order valence-electron chi connectivity index (χ1n) is 8.49.